The van der Waals surface area contributed by atoms with E-state index >= 15 is 0 Å². The number of nitrogens with zero attached hydrogens (tertiary/aromatic N) is 1. The second-order valence-corrected chi connectivity index (χ2v) is 3.97. The maximum absolute atomic E-state index is 5.47. The lowest BCUT2D eigenvalue weighted by atomic mass is 10.2. The standard InChI is InChI=1S/C10H15BrN2/c1-13(7-6-12)8-9-4-2-3-5-10(9)11/h2-5H,6-8,12H2,1H3. The molecule has 0 heterocycles. The van der Waals surface area contributed by atoms with Crippen LogP contribution in [0.4, 0.5) is 0 Å². The van der Waals surface area contributed by atoms with Crippen molar-refractivity contribution in [2.45, 2.75) is 6.54 Å². The molecule has 13 heavy (non-hydrogen) atoms. The van der Waals surface area contributed by atoms with E-state index in [1.54, 1.807) is 0 Å². The van der Waals surface area contributed by atoms with Crippen molar-refractivity contribution in [3.05, 3.63) is 34.3 Å². The Morgan fingerprint density at radius 2 is 2.08 bits per heavy atom. The molecule has 0 aliphatic rings. The molecule has 0 spiro atoms. The van der Waals surface area contributed by atoms with Crippen molar-refractivity contribution in [1.29, 1.82) is 0 Å². The summed E-state index contributed by atoms with van der Waals surface area (Å²) in [6.07, 6.45) is 0. The monoisotopic (exact) mass is 242 g/mol. The number of likely N-dealkylation sites (N-methyl/N-ethyl adjacent to an activating group) is 1. The first-order chi connectivity index (χ1) is 6.24. The summed E-state index contributed by atoms with van der Waals surface area (Å²) >= 11 is 3.52. The van der Waals surface area contributed by atoms with Gasteiger partial charge in [-0.15, -0.1) is 0 Å². The van der Waals surface area contributed by atoms with Gasteiger partial charge in [0.15, 0.2) is 0 Å². The zero-order valence-electron chi connectivity index (χ0n) is 7.83. The molecule has 1 aromatic carbocycles. The third-order valence-electron chi connectivity index (χ3n) is 1.91. The van der Waals surface area contributed by atoms with Crippen molar-refractivity contribution in [2.24, 2.45) is 5.73 Å². The summed E-state index contributed by atoms with van der Waals surface area (Å²) in [6, 6.07) is 8.26. The maximum atomic E-state index is 5.47. The molecule has 72 valence electrons. The summed E-state index contributed by atoms with van der Waals surface area (Å²) in [5.41, 5.74) is 6.77. The highest BCUT2D eigenvalue weighted by Gasteiger charge is 2.01. The molecule has 3 heteroatoms. The average molecular weight is 243 g/mol. The molecule has 0 aliphatic heterocycles. The molecule has 0 saturated carbocycles. The lowest BCUT2D eigenvalue weighted by Crippen LogP contribution is -2.25. The predicted molar refractivity (Wildman–Crippen MR) is 59.5 cm³/mol. The minimum Gasteiger partial charge on any atom is -0.329 e. The zero-order chi connectivity index (χ0) is 9.68. The van der Waals surface area contributed by atoms with Crippen LogP contribution < -0.4 is 5.73 Å². The minimum absolute atomic E-state index is 0.709. The van der Waals surface area contributed by atoms with E-state index < -0.39 is 0 Å². The number of benzene rings is 1. The lowest BCUT2D eigenvalue weighted by Gasteiger charge is -2.16. The molecule has 0 bridgehead atoms. The molecule has 1 rings (SSSR count). The molecular weight excluding hydrogens is 228 g/mol. The van der Waals surface area contributed by atoms with E-state index in [0.717, 1.165) is 13.1 Å². The summed E-state index contributed by atoms with van der Waals surface area (Å²) in [6.45, 7) is 2.58. The average Bonchev–Trinajstić information content (AvgIpc) is 2.09. The van der Waals surface area contributed by atoms with Crippen molar-refractivity contribution in [3.63, 3.8) is 0 Å². The van der Waals surface area contributed by atoms with Gasteiger partial charge in [0.1, 0.15) is 0 Å². The predicted octanol–water partition coefficient (Wildman–Crippen LogP) is 1.84. The van der Waals surface area contributed by atoms with E-state index in [2.05, 4.69) is 46.1 Å². The molecule has 2 N–H and O–H groups in total. The fraction of sp³-hybridized carbons (Fsp3) is 0.400. The zero-order valence-corrected chi connectivity index (χ0v) is 9.42. The molecule has 0 amide bonds. The van der Waals surface area contributed by atoms with Crippen LogP contribution in [0.5, 0.6) is 0 Å². The molecule has 0 saturated heterocycles. The van der Waals surface area contributed by atoms with E-state index in [1.807, 2.05) is 6.07 Å². The third-order valence-corrected chi connectivity index (χ3v) is 2.68. The van der Waals surface area contributed by atoms with Crippen LogP contribution in [0, 0.1) is 0 Å². The maximum Gasteiger partial charge on any atom is 0.0242 e. The van der Waals surface area contributed by atoms with Crippen LogP contribution in [0.25, 0.3) is 0 Å². The van der Waals surface area contributed by atoms with Crippen molar-refractivity contribution < 1.29 is 0 Å². The first-order valence-electron chi connectivity index (χ1n) is 4.36. The molecular formula is C10H15BrN2. The summed E-state index contributed by atoms with van der Waals surface area (Å²) in [5, 5.41) is 0. The van der Waals surface area contributed by atoms with Gasteiger partial charge in [-0.25, -0.2) is 0 Å². The van der Waals surface area contributed by atoms with Crippen LogP contribution >= 0.6 is 15.9 Å². The summed E-state index contributed by atoms with van der Waals surface area (Å²) in [7, 11) is 2.08. The second-order valence-electron chi connectivity index (χ2n) is 3.12. The van der Waals surface area contributed by atoms with E-state index in [9.17, 15) is 0 Å². The fourth-order valence-corrected chi connectivity index (χ4v) is 1.63. The molecule has 0 aliphatic carbocycles. The van der Waals surface area contributed by atoms with Crippen LogP contribution in [-0.2, 0) is 6.54 Å². The van der Waals surface area contributed by atoms with Gasteiger partial charge < -0.3 is 10.6 Å². The van der Waals surface area contributed by atoms with Gasteiger partial charge in [-0.05, 0) is 18.7 Å². The largest absolute Gasteiger partial charge is 0.329 e. The van der Waals surface area contributed by atoms with Gasteiger partial charge in [0, 0.05) is 24.1 Å². The van der Waals surface area contributed by atoms with E-state index in [1.165, 1.54) is 10.0 Å². The Labute approximate surface area is 87.9 Å². The minimum atomic E-state index is 0.709. The third kappa shape index (κ3) is 3.46. The van der Waals surface area contributed by atoms with Gasteiger partial charge in [0.05, 0.1) is 0 Å². The molecule has 1 aromatic rings. The molecule has 0 radical (unpaired) electrons. The van der Waals surface area contributed by atoms with Crippen molar-refractivity contribution in [1.82, 2.24) is 4.90 Å². The molecule has 0 fully saturated rings. The van der Waals surface area contributed by atoms with Crippen LogP contribution in [0.15, 0.2) is 28.7 Å². The highest BCUT2D eigenvalue weighted by atomic mass is 79.9. The highest BCUT2D eigenvalue weighted by molar-refractivity contribution is 9.10. The Balaban J connectivity index is 2.58. The van der Waals surface area contributed by atoms with Gasteiger partial charge in [-0.1, -0.05) is 34.1 Å². The highest BCUT2D eigenvalue weighted by Crippen LogP contribution is 2.16. The number of nitrogens with two attached hydrogens (primary N) is 1. The van der Waals surface area contributed by atoms with Gasteiger partial charge in [0.25, 0.3) is 0 Å². The van der Waals surface area contributed by atoms with Gasteiger partial charge in [-0.3, -0.25) is 0 Å². The van der Waals surface area contributed by atoms with E-state index in [-0.39, 0.29) is 0 Å². The lowest BCUT2D eigenvalue weighted by molar-refractivity contribution is 0.335. The number of halogens is 1. The Hall–Kier alpha value is -0.380. The van der Waals surface area contributed by atoms with Crippen molar-refractivity contribution in [2.75, 3.05) is 20.1 Å². The van der Waals surface area contributed by atoms with Gasteiger partial charge in [0.2, 0.25) is 0 Å². The molecule has 0 aromatic heterocycles. The summed E-state index contributed by atoms with van der Waals surface area (Å²) in [5.74, 6) is 0. The normalized spacial score (nSPS) is 10.8. The van der Waals surface area contributed by atoms with Crippen molar-refractivity contribution in [3.8, 4) is 0 Å². The first-order valence-corrected chi connectivity index (χ1v) is 5.15. The van der Waals surface area contributed by atoms with Crippen LogP contribution in [-0.4, -0.2) is 25.0 Å². The van der Waals surface area contributed by atoms with E-state index in [4.69, 9.17) is 5.73 Å². The smallest absolute Gasteiger partial charge is 0.0242 e. The molecule has 0 unspecified atom stereocenters. The Kier molecular flexibility index (Phi) is 4.42. The van der Waals surface area contributed by atoms with Crippen LogP contribution in [0.3, 0.4) is 0 Å². The molecule has 2 nitrogen and oxygen atoms in total. The van der Waals surface area contributed by atoms with Crippen LogP contribution in [0.2, 0.25) is 0 Å². The number of rotatable bonds is 4. The van der Waals surface area contributed by atoms with Gasteiger partial charge in [-0.2, -0.15) is 0 Å². The quantitative estimate of drug-likeness (QED) is 0.874. The second kappa shape index (κ2) is 5.37. The number of hydrogen-bond donors (Lipinski definition) is 1. The van der Waals surface area contributed by atoms with Crippen molar-refractivity contribution >= 4 is 15.9 Å². The Morgan fingerprint density at radius 1 is 1.38 bits per heavy atom. The topological polar surface area (TPSA) is 29.3 Å². The van der Waals surface area contributed by atoms with Gasteiger partial charge >= 0.3 is 0 Å². The number of hydrogen-bond acceptors (Lipinski definition) is 2. The first kappa shape index (κ1) is 10.7. The summed E-state index contributed by atoms with van der Waals surface area (Å²) in [4.78, 5) is 2.21. The Morgan fingerprint density at radius 3 is 2.69 bits per heavy atom. The Bertz CT molecular complexity index is 263. The van der Waals surface area contributed by atoms with Crippen LogP contribution in [0.1, 0.15) is 5.56 Å². The fourth-order valence-electron chi connectivity index (χ4n) is 1.22. The molecule has 0 atom stereocenters. The SMILES string of the molecule is CN(CCN)Cc1ccccc1Br. The summed E-state index contributed by atoms with van der Waals surface area (Å²) < 4.78 is 1.17. The van der Waals surface area contributed by atoms with E-state index in [0.29, 0.717) is 6.54 Å².